The Hall–Kier alpha value is -0.300. The molecule has 0 unspecified atom stereocenters. The van der Waals surface area contributed by atoms with E-state index < -0.39 is 0 Å². The van der Waals surface area contributed by atoms with Gasteiger partial charge in [-0.1, -0.05) is 38.4 Å². The predicted molar refractivity (Wildman–Crippen MR) is 44.1 cm³/mol. The molecule has 0 aliphatic heterocycles. The Morgan fingerprint density at radius 1 is 1.40 bits per heavy atom. The third-order valence-electron chi connectivity index (χ3n) is 1.15. The smallest absolute Gasteiger partial charge is 0.179 e. The number of carbonyl (C=O) groups is 1. The maximum Gasteiger partial charge on any atom is 0.179 e. The van der Waals surface area contributed by atoms with E-state index in [1.165, 1.54) is 0 Å². The summed E-state index contributed by atoms with van der Waals surface area (Å²) in [5, 5.41) is 0.326. The van der Waals surface area contributed by atoms with E-state index in [0.717, 1.165) is 0 Å². The van der Waals surface area contributed by atoms with Gasteiger partial charge in [0.15, 0.2) is 5.78 Å². The second kappa shape index (κ2) is 3.20. The highest BCUT2D eigenvalue weighted by atomic mass is 35.5. The average Bonchev–Trinajstić information content (AvgIpc) is 1.83. The molecule has 2 heteroatoms. The molecule has 0 aliphatic rings. The number of ketones is 1. The second-order valence-corrected chi connectivity index (χ2v) is 3.62. The molecule has 0 saturated carbocycles. The van der Waals surface area contributed by atoms with Crippen molar-refractivity contribution >= 4 is 17.4 Å². The maximum atomic E-state index is 11.2. The molecule has 0 aromatic rings. The van der Waals surface area contributed by atoms with Crippen LogP contribution in [0.2, 0.25) is 0 Å². The predicted octanol–water partition coefficient (Wildman–Crippen LogP) is 2.74. The van der Waals surface area contributed by atoms with Crippen molar-refractivity contribution in [2.75, 3.05) is 0 Å². The van der Waals surface area contributed by atoms with Crippen molar-refractivity contribution in [3.63, 3.8) is 0 Å². The Labute approximate surface area is 67.1 Å². The zero-order valence-electron chi connectivity index (χ0n) is 6.86. The van der Waals surface area contributed by atoms with Gasteiger partial charge in [0.25, 0.3) is 0 Å². The molecule has 0 N–H and O–H groups in total. The van der Waals surface area contributed by atoms with Gasteiger partial charge < -0.3 is 0 Å². The summed E-state index contributed by atoms with van der Waals surface area (Å²) in [6.07, 6.45) is 1.62. The number of allylic oxidation sites excluding steroid dienone is 2. The first-order valence-corrected chi connectivity index (χ1v) is 3.64. The van der Waals surface area contributed by atoms with Gasteiger partial charge >= 0.3 is 0 Å². The minimum atomic E-state index is -0.358. The van der Waals surface area contributed by atoms with E-state index in [0.29, 0.717) is 5.03 Å². The van der Waals surface area contributed by atoms with Crippen LogP contribution in [0, 0.1) is 5.41 Å². The van der Waals surface area contributed by atoms with Crippen LogP contribution in [0.3, 0.4) is 0 Å². The molecule has 0 amide bonds. The van der Waals surface area contributed by atoms with Crippen molar-refractivity contribution in [3.05, 3.63) is 11.1 Å². The van der Waals surface area contributed by atoms with E-state index >= 15 is 0 Å². The molecular weight excluding hydrogens is 148 g/mol. The fourth-order valence-electron chi connectivity index (χ4n) is 0.489. The summed E-state index contributed by atoms with van der Waals surface area (Å²) in [6.45, 7) is 7.30. The molecule has 0 aliphatic carbocycles. The minimum Gasteiger partial charge on any atom is -0.293 e. The van der Waals surface area contributed by atoms with Gasteiger partial charge in [-0.05, 0) is 6.92 Å². The SMILES string of the molecule is C/C=C(\Cl)C(=O)C(C)(C)C. The number of Topliss-reactive ketones (excluding diaryl/α,β-unsaturated/α-hetero) is 1. The summed E-state index contributed by atoms with van der Waals surface area (Å²) in [4.78, 5) is 11.2. The third kappa shape index (κ3) is 2.53. The van der Waals surface area contributed by atoms with Crippen molar-refractivity contribution in [3.8, 4) is 0 Å². The van der Waals surface area contributed by atoms with Crippen LogP contribution < -0.4 is 0 Å². The van der Waals surface area contributed by atoms with Crippen LogP contribution in [0.15, 0.2) is 11.1 Å². The van der Waals surface area contributed by atoms with Gasteiger partial charge in [-0.25, -0.2) is 0 Å². The summed E-state index contributed by atoms with van der Waals surface area (Å²) < 4.78 is 0. The average molecular weight is 161 g/mol. The zero-order valence-corrected chi connectivity index (χ0v) is 7.62. The van der Waals surface area contributed by atoms with E-state index in [1.807, 2.05) is 20.8 Å². The Balaban J connectivity index is 4.39. The van der Waals surface area contributed by atoms with Crippen LogP contribution in [-0.2, 0) is 4.79 Å². The van der Waals surface area contributed by atoms with Crippen LogP contribution in [0.5, 0.6) is 0 Å². The molecule has 0 spiro atoms. The standard InChI is InChI=1S/C8H13ClO/c1-5-6(9)7(10)8(2,3)4/h5H,1-4H3/b6-5-. The quantitative estimate of drug-likeness (QED) is 0.539. The van der Waals surface area contributed by atoms with Crippen molar-refractivity contribution < 1.29 is 4.79 Å². The van der Waals surface area contributed by atoms with E-state index in [2.05, 4.69) is 0 Å². The van der Waals surface area contributed by atoms with Crippen molar-refractivity contribution in [2.24, 2.45) is 5.41 Å². The van der Waals surface area contributed by atoms with E-state index in [-0.39, 0.29) is 11.2 Å². The second-order valence-electron chi connectivity index (χ2n) is 3.22. The maximum absolute atomic E-state index is 11.2. The highest BCUT2D eigenvalue weighted by Crippen LogP contribution is 2.21. The molecule has 0 aromatic heterocycles. The van der Waals surface area contributed by atoms with Gasteiger partial charge in [0, 0.05) is 5.41 Å². The summed E-state index contributed by atoms with van der Waals surface area (Å²) in [7, 11) is 0. The minimum absolute atomic E-state index is 0.00309. The molecule has 10 heavy (non-hydrogen) atoms. The molecule has 1 nitrogen and oxygen atoms in total. The van der Waals surface area contributed by atoms with Crippen LogP contribution >= 0.6 is 11.6 Å². The molecule has 0 rings (SSSR count). The van der Waals surface area contributed by atoms with Gasteiger partial charge in [0.2, 0.25) is 0 Å². The first-order chi connectivity index (χ1) is 4.39. The lowest BCUT2D eigenvalue weighted by Gasteiger charge is -2.14. The lowest BCUT2D eigenvalue weighted by Crippen LogP contribution is -2.19. The molecule has 0 bridgehead atoms. The lowest BCUT2D eigenvalue weighted by molar-refractivity contribution is -0.121. The van der Waals surface area contributed by atoms with Gasteiger partial charge in [0.05, 0.1) is 5.03 Å². The number of carbonyl (C=O) groups excluding carboxylic acids is 1. The normalized spacial score (nSPS) is 13.5. The van der Waals surface area contributed by atoms with Crippen molar-refractivity contribution in [2.45, 2.75) is 27.7 Å². The molecule has 0 aromatic carbocycles. The van der Waals surface area contributed by atoms with Crippen LogP contribution in [0.4, 0.5) is 0 Å². The Kier molecular flexibility index (Phi) is 3.10. The van der Waals surface area contributed by atoms with Crippen LogP contribution in [0.1, 0.15) is 27.7 Å². The van der Waals surface area contributed by atoms with Gasteiger partial charge in [-0.2, -0.15) is 0 Å². The van der Waals surface area contributed by atoms with E-state index in [9.17, 15) is 4.79 Å². The number of hydrogen-bond donors (Lipinski definition) is 0. The van der Waals surface area contributed by atoms with E-state index in [1.54, 1.807) is 13.0 Å². The molecular formula is C8H13ClO. The Morgan fingerprint density at radius 2 is 1.80 bits per heavy atom. The first-order valence-electron chi connectivity index (χ1n) is 3.26. The zero-order chi connectivity index (χ0) is 8.36. The molecule has 0 heterocycles. The van der Waals surface area contributed by atoms with Crippen molar-refractivity contribution in [1.82, 2.24) is 0 Å². The number of halogens is 1. The Bertz CT molecular complexity index is 163. The molecule has 0 radical (unpaired) electrons. The number of hydrogen-bond acceptors (Lipinski definition) is 1. The van der Waals surface area contributed by atoms with Gasteiger partial charge in [-0.15, -0.1) is 0 Å². The molecule has 0 fully saturated rings. The summed E-state index contributed by atoms with van der Waals surface area (Å²) in [5.74, 6) is -0.00309. The van der Waals surface area contributed by atoms with Crippen LogP contribution in [0.25, 0.3) is 0 Å². The monoisotopic (exact) mass is 160 g/mol. The van der Waals surface area contributed by atoms with Crippen molar-refractivity contribution in [1.29, 1.82) is 0 Å². The van der Waals surface area contributed by atoms with Crippen LogP contribution in [-0.4, -0.2) is 5.78 Å². The highest BCUT2D eigenvalue weighted by Gasteiger charge is 2.22. The fraction of sp³-hybridized carbons (Fsp3) is 0.625. The summed E-state index contributed by atoms with van der Waals surface area (Å²) in [5.41, 5.74) is -0.358. The van der Waals surface area contributed by atoms with Gasteiger partial charge in [0.1, 0.15) is 0 Å². The number of rotatable bonds is 1. The topological polar surface area (TPSA) is 17.1 Å². The molecule has 58 valence electrons. The molecule has 0 atom stereocenters. The first kappa shape index (κ1) is 9.70. The Morgan fingerprint density at radius 3 is 1.90 bits per heavy atom. The highest BCUT2D eigenvalue weighted by molar-refractivity contribution is 6.43. The third-order valence-corrected chi connectivity index (χ3v) is 1.54. The largest absolute Gasteiger partial charge is 0.293 e. The fourth-order valence-corrected chi connectivity index (χ4v) is 0.773. The summed E-state index contributed by atoms with van der Waals surface area (Å²) >= 11 is 5.61. The lowest BCUT2D eigenvalue weighted by atomic mass is 9.90. The van der Waals surface area contributed by atoms with E-state index in [4.69, 9.17) is 11.6 Å². The summed E-state index contributed by atoms with van der Waals surface area (Å²) in [6, 6.07) is 0. The molecule has 0 saturated heterocycles. The van der Waals surface area contributed by atoms with Gasteiger partial charge in [-0.3, -0.25) is 4.79 Å².